The summed E-state index contributed by atoms with van der Waals surface area (Å²) in [6, 6.07) is 7.34. The molecule has 0 bridgehead atoms. The normalized spacial score (nSPS) is 21.2. The minimum Gasteiger partial charge on any atom is -0.485 e. The van der Waals surface area contributed by atoms with Crippen molar-refractivity contribution in [3.8, 4) is 11.5 Å². The molecule has 2 aromatic rings. The van der Waals surface area contributed by atoms with Gasteiger partial charge in [-0.1, -0.05) is 43.2 Å². The van der Waals surface area contributed by atoms with Crippen molar-refractivity contribution in [3.63, 3.8) is 0 Å². The standard InChI is InChI=1S/C23H28N4O5S/c28-20(15-33-23-25-24-21(32-23)16-6-2-1-3-7-16)26-10-12-27(13-11-26)22(29)19-14-30-17-8-4-5-9-18(17)31-19/h4-5,8-9,16,19H,1-3,6-7,10-15H2. The topological polar surface area (TPSA) is 98.0 Å². The van der Waals surface area contributed by atoms with Crippen molar-refractivity contribution < 1.29 is 23.5 Å². The summed E-state index contributed by atoms with van der Waals surface area (Å²) in [4.78, 5) is 29.1. The van der Waals surface area contributed by atoms with Crippen LogP contribution in [0.5, 0.6) is 11.5 Å². The number of piperazine rings is 1. The van der Waals surface area contributed by atoms with Crippen molar-refractivity contribution in [2.24, 2.45) is 0 Å². The Balaban J connectivity index is 1.07. The summed E-state index contributed by atoms with van der Waals surface area (Å²) in [7, 11) is 0. The van der Waals surface area contributed by atoms with Crippen LogP contribution in [-0.2, 0) is 9.59 Å². The summed E-state index contributed by atoms with van der Waals surface area (Å²) in [5.74, 6) is 2.45. The van der Waals surface area contributed by atoms with E-state index in [1.54, 1.807) is 15.9 Å². The minimum absolute atomic E-state index is 0.00990. The van der Waals surface area contributed by atoms with Crippen molar-refractivity contribution >= 4 is 23.6 Å². The highest BCUT2D eigenvalue weighted by Gasteiger charge is 2.33. The van der Waals surface area contributed by atoms with E-state index in [1.807, 2.05) is 18.2 Å². The fourth-order valence-corrected chi connectivity index (χ4v) is 5.20. The molecular weight excluding hydrogens is 444 g/mol. The van der Waals surface area contributed by atoms with Crippen molar-refractivity contribution in [3.05, 3.63) is 30.2 Å². The lowest BCUT2D eigenvalue weighted by Crippen LogP contribution is -2.55. The van der Waals surface area contributed by atoms with E-state index in [4.69, 9.17) is 13.9 Å². The molecule has 10 heteroatoms. The lowest BCUT2D eigenvalue weighted by atomic mass is 9.89. The summed E-state index contributed by atoms with van der Waals surface area (Å²) >= 11 is 1.28. The molecule has 176 valence electrons. The molecule has 1 saturated heterocycles. The number of carbonyl (C=O) groups excluding carboxylic acids is 2. The molecule has 1 unspecified atom stereocenters. The first kappa shape index (κ1) is 22.1. The Morgan fingerprint density at radius 2 is 1.70 bits per heavy atom. The summed E-state index contributed by atoms with van der Waals surface area (Å²) < 4.78 is 17.3. The third-order valence-electron chi connectivity index (χ3n) is 6.42. The summed E-state index contributed by atoms with van der Waals surface area (Å²) in [6.07, 6.45) is 5.21. The largest absolute Gasteiger partial charge is 0.485 e. The third-order valence-corrected chi connectivity index (χ3v) is 7.23. The lowest BCUT2D eigenvalue weighted by molar-refractivity contribution is -0.145. The number of thioether (sulfide) groups is 1. The molecule has 1 aliphatic carbocycles. The molecule has 2 amide bonds. The van der Waals surface area contributed by atoms with Crippen LogP contribution in [0.15, 0.2) is 33.9 Å². The van der Waals surface area contributed by atoms with Crippen molar-refractivity contribution in [1.82, 2.24) is 20.0 Å². The van der Waals surface area contributed by atoms with E-state index in [0.29, 0.717) is 54.7 Å². The Hall–Kier alpha value is -2.75. The molecule has 2 aliphatic heterocycles. The van der Waals surface area contributed by atoms with Gasteiger partial charge in [0.25, 0.3) is 11.1 Å². The van der Waals surface area contributed by atoms with E-state index in [9.17, 15) is 9.59 Å². The fraction of sp³-hybridized carbons (Fsp3) is 0.565. The van der Waals surface area contributed by atoms with Gasteiger partial charge in [0.05, 0.1) is 5.75 Å². The van der Waals surface area contributed by atoms with Crippen LogP contribution in [0, 0.1) is 0 Å². The predicted octanol–water partition coefficient (Wildman–Crippen LogP) is 2.72. The smallest absolute Gasteiger partial charge is 0.277 e. The number of rotatable bonds is 5. The summed E-state index contributed by atoms with van der Waals surface area (Å²) in [5, 5.41) is 8.75. The van der Waals surface area contributed by atoms with Gasteiger partial charge in [-0.2, -0.15) is 0 Å². The fourth-order valence-electron chi connectivity index (χ4n) is 4.53. The molecule has 3 aliphatic rings. The Bertz CT molecular complexity index is 985. The second kappa shape index (κ2) is 10.0. The number of hydrogen-bond donors (Lipinski definition) is 0. The first-order chi connectivity index (χ1) is 16.2. The molecule has 1 aromatic carbocycles. The maximum Gasteiger partial charge on any atom is 0.277 e. The van der Waals surface area contributed by atoms with Gasteiger partial charge in [0, 0.05) is 32.1 Å². The number of amides is 2. The molecule has 1 aromatic heterocycles. The quantitative estimate of drug-likeness (QED) is 0.613. The van der Waals surface area contributed by atoms with Crippen LogP contribution < -0.4 is 9.47 Å². The Labute approximate surface area is 196 Å². The van der Waals surface area contributed by atoms with Crippen molar-refractivity contribution in [1.29, 1.82) is 0 Å². The predicted molar refractivity (Wildman–Crippen MR) is 120 cm³/mol. The monoisotopic (exact) mass is 472 g/mol. The summed E-state index contributed by atoms with van der Waals surface area (Å²) in [6.45, 7) is 2.13. The van der Waals surface area contributed by atoms with Crippen LogP contribution >= 0.6 is 11.8 Å². The van der Waals surface area contributed by atoms with E-state index in [2.05, 4.69) is 10.2 Å². The van der Waals surface area contributed by atoms with Gasteiger partial charge >= 0.3 is 0 Å². The SMILES string of the molecule is O=C(CSc1nnc(C2CCCCC2)o1)N1CCN(C(=O)C2COc3ccccc3O2)CC1. The van der Waals surface area contributed by atoms with Crippen LogP contribution in [-0.4, -0.2) is 76.5 Å². The van der Waals surface area contributed by atoms with E-state index in [0.717, 1.165) is 12.8 Å². The molecule has 3 heterocycles. The highest BCUT2D eigenvalue weighted by Crippen LogP contribution is 2.33. The first-order valence-corrected chi connectivity index (χ1v) is 12.6. The van der Waals surface area contributed by atoms with Crippen LogP contribution in [0.1, 0.15) is 43.9 Å². The molecular formula is C23H28N4O5S. The van der Waals surface area contributed by atoms with E-state index >= 15 is 0 Å². The average Bonchev–Trinajstić information content (AvgIpc) is 3.36. The van der Waals surface area contributed by atoms with Gasteiger partial charge in [-0.05, 0) is 25.0 Å². The maximum absolute atomic E-state index is 12.9. The molecule has 1 atom stereocenters. The third kappa shape index (κ3) is 5.10. The highest BCUT2D eigenvalue weighted by atomic mass is 32.2. The van der Waals surface area contributed by atoms with E-state index in [-0.39, 0.29) is 24.2 Å². The number of ether oxygens (including phenoxy) is 2. The number of hydrogen-bond acceptors (Lipinski definition) is 8. The zero-order valence-corrected chi connectivity index (χ0v) is 19.3. The second-order valence-corrected chi connectivity index (χ2v) is 9.53. The number of aromatic nitrogens is 2. The average molecular weight is 473 g/mol. The van der Waals surface area contributed by atoms with Crippen LogP contribution in [0.4, 0.5) is 0 Å². The van der Waals surface area contributed by atoms with Gasteiger partial charge < -0.3 is 23.7 Å². The molecule has 1 saturated carbocycles. The van der Waals surface area contributed by atoms with Gasteiger partial charge in [0.15, 0.2) is 11.5 Å². The van der Waals surface area contributed by atoms with Gasteiger partial charge in [0.1, 0.15) is 6.61 Å². The second-order valence-electron chi connectivity index (χ2n) is 8.60. The molecule has 0 radical (unpaired) electrons. The lowest BCUT2D eigenvalue weighted by Gasteiger charge is -2.37. The minimum atomic E-state index is -0.659. The molecule has 2 fully saturated rings. The van der Waals surface area contributed by atoms with Gasteiger partial charge in [-0.15, -0.1) is 10.2 Å². The zero-order valence-electron chi connectivity index (χ0n) is 18.5. The maximum atomic E-state index is 12.9. The van der Waals surface area contributed by atoms with E-state index in [1.165, 1.54) is 31.0 Å². The Morgan fingerprint density at radius 1 is 0.970 bits per heavy atom. The highest BCUT2D eigenvalue weighted by molar-refractivity contribution is 7.99. The Kier molecular flexibility index (Phi) is 6.70. The first-order valence-electron chi connectivity index (χ1n) is 11.6. The number of carbonyl (C=O) groups is 2. The van der Waals surface area contributed by atoms with Crippen LogP contribution in [0.25, 0.3) is 0 Å². The zero-order chi connectivity index (χ0) is 22.6. The molecule has 5 rings (SSSR count). The van der Waals surface area contributed by atoms with Crippen molar-refractivity contribution in [2.45, 2.75) is 49.3 Å². The molecule has 9 nitrogen and oxygen atoms in total. The number of benzene rings is 1. The van der Waals surface area contributed by atoms with Gasteiger partial charge in [0.2, 0.25) is 17.9 Å². The number of nitrogens with zero attached hydrogens (tertiary/aromatic N) is 4. The van der Waals surface area contributed by atoms with Crippen molar-refractivity contribution in [2.75, 3.05) is 38.5 Å². The van der Waals surface area contributed by atoms with E-state index < -0.39 is 6.10 Å². The number of para-hydroxylation sites is 2. The summed E-state index contributed by atoms with van der Waals surface area (Å²) in [5.41, 5.74) is 0. The number of fused-ring (bicyclic) bond motifs is 1. The molecule has 33 heavy (non-hydrogen) atoms. The van der Waals surface area contributed by atoms with Gasteiger partial charge in [-0.25, -0.2) is 0 Å². The molecule has 0 N–H and O–H groups in total. The van der Waals surface area contributed by atoms with Crippen LogP contribution in [0.2, 0.25) is 0 Å². The molecule has 0 spiro atoms. The van der Waals surface area contributed by atoms with Crippen LogP contribution in [0.3, 0.4) is 0 Å². The Morgan fingerprint density at radius 3 is 2.48 bits per heavy atom. The van der Waals surface area contributed by atoms with Gasteiger partial charge in [-0.3, -0.25) is 9.59 Å².